The lowest BCUT2D eigenvalue weighted by molar-refractivity contribution is -0.0887. The zero-order chi connectivity index (χ0) is 15.0. The van der Waals surface area contributed by atoms with Crippen LogP contribution in [0.3, 0.4) is 0 Å². The summed E-state index contributed by atoms with van der Waals surface area (Å²) in [6, 6.07) is 0. The Morgan fingerprint density at radius 2 is 1.95 bits per heavy atom. The summed E-state index contributed by atoms with van der Waals surface area (Å²) in [6.07, 6.45) is 8.27. The Morgan fingerprint density at radius 1 is 1.30 bits per heavy atom. The predicted octanol–water partition coefficient (Wildman–Crippen LogP) is 4.51. The van der Waals surface area contributed by atoms with Gasteiger partial charge < -0.3 is 9.47 Å². The molecule has 0 aromatic heterocycles. The molecule has 0 radical (unpaired) electrons. The van der Waals surface area contributed by atoms with Crippen LogP contribution in [0.1, 0.15) is 53.9 Å². The lowest BCUT2D eigenvalue weighted by Gasteiger charge is -2.49. The Bertz CT molecular complexity index is 413. The van der Waals surface area contributed by atoms with E-state index in [1.54, 1.807) is 0 Å². The van der Waals surface area contributed by atoms with Gasteiger partial charge in [0, 0.05) is 12.5 Å². The molecule has 0 aromatic rings. The maximum atomic E-state index is 5.95. The summed E-state index contributed by atoms with van der Waals surface area (Å²) in [5.74, 6) is 0.589. The molecule has 2 fully saturated rings. The SMILES string of the molecule is CO[C@@H]1C(C)CC[C@]2(CO2)[C@@]1(C)/C(C)=C/CC=C(C)C. The first-order valence-electron chi connectivity index (χ1n) is 7.85. The summed E-state index contributed by atoms with van der Waals surface area (Å²) in [4.78, 5) is 0. The average molecular weight is 278 g/mol. The molecule has 1 aliphatic heterocycles. The highest BCUT2D eigenvalue weighted by atomic mass is 16.6. The largest absolute Gasteiger partial charge is 0.380 e. The van der Waals surface area contributed by atoms with E-state index in [0.29, 0.717) is 5.92 Å². The van der Waals surface area contributed by atoms with Crippen LogP contribution < -0.4 is 0 Å². The van der Waals surface area contributed by atoms with Crippen molar-refractivity contribution in [2.75, 3.05) is 13.7 Å². The van der Waals surface area contributed by atoms with E-state index < -0.39 is 0 Å². The van der Waals surface area contributed by atoms with Gasteiger partial charge in [-0.15, -0.1) is 0 Å². The Balaban J connectivity index is 2.29. The summed E-state index contributed by atoms with van der Waals surface area (Å²) >= 11 is 0. The number of ether oxygens (including phenoxy) is 2. The number of epoxide rings is 1. The number of hydrogen-bond donors (Lipinski definition) is 0. The summed E-state index contributed by atoms with van der Waals surface area (Å²) in [5, 5.41) is 0. The number of hydrogen-bond acceptors (Lipinski definition) is 2. The molecule has 1 aliphatic carbocycles. The maximum absolute atomic E-state index is 5.95. The van der Waals surface area contributed by atoms with Gasteiger partial charge in [0.2, 0.25) is 0 Å². The molecule has 2 aliphatic rings. The van der Waals surface area contributed by atoms with Crippen molar-refractivity contribution in [3.05, 3.63) is 23.3 Å². The minimum Gasteiger partial charge on any atom is -0.380 e. The Morgan fingerprint density at radius 3 is 2.45 bits per heavy atom. The topological polar surface area (TPSA) is 21.8 Å². The van der Waals surface area contributed by atoms with Crippen LogP contribution in [0.4, 0.5) is 0 Å². The molecule has 0 amide bonds. The number of allylic oxidation sites excluding steroid dienone is 3. The predicted molar refractivity (Wildman–Crippen MR) is 83.8 cm³/mol. The molecule has 0 aromatic carbocycles. The molecule has 2 nitrogen and oxygen atoms in total. The van der Waals surface area contributed by atoms with E-state index in [2.05, 4.69) is 46.8 Å². The maximum Gasteiger partial charge on any atom is 0.103 e. The highest BCUT2D eigenvalue weighted by Gasteiger charge is 2.65. The number of methoxy groups -OCH3 is 1. The third-order valence-corrected chi connectivity index (χ3v) is 5.55. The Kier molecular flexibility index (Phi) is 4.46. The van der Waals surface area contributed by atoms with Gasteiger partial charge in [-0.25, -0.2) is 0 Å². The van der Waals surface area contributed by atoms with Crippen LogP contribution in [0.25, 0.3) is 0 Å². The van der Waals surface area contributed by atoms with Crippen LogP contribution in [0, 0.1) is 11.3 Å². The second kappa shape index (κ2) is 5.65. The van der Waals surface area contributed by atoms with Crippen molar-refractivity contribution in [3.8, 4) is 0 Å². The molecule has 20 heavy (non-hydrogen) atoms. The summed E-state index contributed by atoms with van der Waals surface area (Å²) in [7, 11) is 1.85. The molecule has 1 saturated heterocycles. The summed E-state index contributed by atoms with van der Waals surface area (Å²) < 4.78 is 11.9. The third kappa shape index (κ3) is 2.48. The first-order chi connectivity index (χ1) is 9.37. The van der Waals surface area contributed by atoms with Gasteiger partial charge in [-0.1, -0.05) is 37.1 Å². The minimum atomic E-state index is 0.00883. The van der Waals surface area contributed by atoms with E-state index >= 15 is 0 Å². The molecule has 2 rings (SSSR count). The molecule has 0 bridgehead atoms. The van der Waals surface area contributed by atoms with Crippen LogP contribution in [-0.4, -0.2) is 25.4 Å². The highest BCUT2D eigenvalue weighted by Crippen LogP contribution is 2.59. The minimum absolute atomic E-state index is 0.00883. The van der Waals surface area contributed by atoms with Gasteiger partial charge in [-0.3, -0.25) is 0 Å². The first kappa shape index (κ1) is 15.8. The summed E-state index contributed by atoms with van der Waals surface area (Å²) in [6.45, 7) is 12.1. The fourth-order valence-electron chi connectivity index (χ4n) is 3.97. The van der Waals surface area contributed by atoms with E-state index in [-0.39, 0.29) is 17.1 Å². The van der Waals surface area contributed by atoms with Crippen molar-refractivity contribution in [1.82, 2.24) is 0 Å². The van der Waals surface area contributed by atoms with Crippen molar-refractivity contribution >= 4 is 0 Å². The zero-order valence-corrected chi connectivity index (χ0v) is 14.0. The van der Waals surface area contributed by atoms with Crippen molar-refractivity contribution in [3.63, 3.8) is 0 Å². The van der Waals surface area contributed by atoms with E-state index in [9.17, 15) is 0 Å². The van der Waals surface area contributed by atoms with Gasteiger partial charge in [0.1, 0.15) is 5.60 Å². The van der Waals surface area contributed by atoms with E-state index in [1.165, 1.54) is 24.0 Å². The van der Waals surface area contributed by atoms with Gasteiger partial charge in [0.15, 0.2) is 0 Å². The van der Waals surface area contributed by atoms with Crippen molar-refractivity contribution in [1.29, 1.82) is 0 Å². The second-order valence-electron chi connectivity index (χ2n) is 7.06. The molecule has 2 heteroatoms. The van der Waals surface area contributed by atoms with Crippen LogP contribution >= 0.6 is 0 Å². The monoisotopic (exact) mass is 278 g/mol. The fraction of sp³-hybridized carbons (Fsp3) is 0.778. The summed E-state index contributed by atoms with van der Waals surface area (Å²) in [5.41, 5.74) is 2.84. The smallest absolute Gasteiger partial charge is 0.103 e. The molecule has 1 unspecified atom stereocenters. The molecule has 1 spiro atoms. The van der Waals surface area contributed by atoms with Gasteiger partial charge in [-0.05, 0) is 46.0 Å². The average Bonchev–Trinajstić information content (AvgIpc) is 3.16. The van der Waals surface area contributed by atoms with Gasteiger partial charge in [-0.2, -0.15) is 0 Å². The fourth-order valence-corrected chi connectivity index (χ4v) is 3.97. The molecule has 114 valence electrons. The van der Waals surface area contributed by atoms with Crippen LogP contribution in [0.15, 0.2) is 23.3 Å². The van der Waals surface area contributed by atoms with E-state index in [1.807, 2.05) is 7.11 Å². The molecular weight excluding hydrogens is 248 g/mol. The molecule has 0 N–H and O–H groups in total. The normalized spacial score (nSPS) is 40.8. The van der Waals surface area contributed by atoms with Crippen LogP contribution in [0.5, 0.6) is 0 Å². The van der Waals surface area contributed by atoms with Crippen molar-refractivity contribution < 1.29 is 9.47 Å². The molecule has 1 saturated carbocycles. The zero-order valence-electron chi connectivity index (χ0n) is 14.0. The highest BCUT2D eigenvalue weighted by molar-refractivity contribution is 5.28. The Labute approximate surface area is 124 Å². The van der Waals surface area contributed by atoms with Crippen LogP contribution in [0.2, 0.25) is 0 Å². The van der Waals surface area contributed by atoms with Gasteiger partial charge >= 0.3 is 0 Å². The quantitative estimate of drug-likeness (QED) is 0.557. The van der Waals surface area contributed by atoms with E-state index in [0.717, 1.165) is 13.0 Å². The van der Waals surface area contributed by atoms with E-state index in [4.69, 9.17) is 9.47 Å². The Hall–Kier alpha value is -0.600. The lowest BCUT2D eigenvalue weighted by atomic mass is 9.58. The molecular formula is C18H30O2. The first-order valence-corrected chi connectivity index (χ1v) is 7.85. The van der Waals surface area contributed by atoms with Crippen molar-refractivity contribution in [2.24, 2.45) is 11.3 Å². The molecule has 4 atom stereocenters. The lowest BCUT2D eigenvalue weighted by Crippen LogP contribution is -2.54. The molecule has 1 heterocycles. The van der Waals surface area contributed by atoms with Crippen LogP contribution in [-0.2, 0) is 9.47 Å². The standard InChI is InChI=1S/C18H30O2/c1-13(2)8-7-9-15(4)17(5)16(19-6)14(3)10-11-18(17)12-20-18/h8-9,14,16H,7,10-12H2,1-6H3/b15-9+/t14?,16-,17+,18+/m1/s1. The van der Waals surface area contributed by atoms with Gasteiger partial charge in [0.25, 0.3) is 0 Å². The third-order valence-electron chi connectivity index (χ3n) is 5.55. The van der Waals surface area contributed by atoms with Crippen molar-refractivity contribution in [2.45, 2.75) is 65.6 Å². The number of rotatable bonds is 4. The second-order valence-corrected chi connectivity index (χ2v) is 7.06. The van der Waals surface area contributed by atoms with Gasteiger partial charge in [0.05, 0.1) is 12.7 Å².